The van der Waals surface area contributed by atoms with Gasteiger partial charge < -0.3 is 27.5 Å². The lowest BCUT2D eigenvalue weighted by atomic mass is 9.68. The van der Waals surface area contributed by atoms with E-state index in [-0.39, 0.29) is 23.7 Å². The molecule has 11 heteroatoms. The smallest absolute Gasteiger partial charge is 0.248 e. The Bertz CT molecular complexity index is 1280. The maximum atomic E-state index is 12.0. The number of allylic oxidation sites excluding steroid dienone is 2. The number of nitrogens with two attached hydrogens (primary N) is 3. The van der Waals surface area contributed by atoms with Gasteiger partial charge in [0.05, 0.1) is 11.5 Å². The minimum Gasteiger partial charge on any atom is -0.366 e. The van der Waals surface area contributed by atoms with Crippen LogP contribution in [0.15, 0.2) is 64.6 Å². The van der Waals surface area contributed by atoms with Gasteiger partial charge in [-0.3, -0.25) is 15.0 Å². The third-order valence-corrected chi connectivity index (χ3v) is 7.67. The highest BCUT2D eigenvalue weighted by Crippen LogP contribution is 2.56. The van der Waals surface area contributed by atoms with Crippen molar-refractivity contribution in [2.45, 2.75) is 36.6 Å². The average Bonchev–Trinajstić information content (AvgIpc) is 3.47. The van der Waals surface area contributed by atoms with Gasteiger partial charge in [-0.2, -0.15) is 5.26 Å². The summed E-state index contributed by atoms with van der Waals surface area (Å²) >= 11 is 0. The largest absolute Gasteiger partial charge is 0.366 e. The summed E-state index contributed by atoms with van der Waals surface area (Å²) in [4.78, 5) is 25.9. The summed E-state index contributed by atoms with van der Waals surface area (Å²) in [5, 5.41) is 29.0. The lowest BCUT2D eigenvalue weighted by Crippen LogP contribution is -2.43. The van der Waals surface area contributed by atoms with Crippen molar-refractivity contribution in [1.29, 1.82) is 10.7 Å². The van der Waals surface area contributed by atoms with Crippen molar-refractivity contribution in [2.75, 3.05) is 19.6 Å². The number of carbonyl (C=O) groups excluding carboxylic acids is 2. The Balaban J connectivity index is 1.66. The van der Waals surface area contributed by atoms with Gasteiger partial charge in [-0.1, -0.05) is 36.1 Å². The molecule has 37 heavy (non-hydrogen) atoms. The van der Waals surface area contributed by atoms with Gasteiger partial charge in [0, 0.05) is 41.8 Å². The molecular weight excluding hydrogens is 470 g/mol. The third kappa shape index (κ3) is 4.51. The highest BCUT2D eigenvalue weighted by Gasteiger charge is 2.54. The van der Waals surface area contributed by atoms with Crippen LogP contribution < -0.4 is 22.6 Å². The number of nitrogens with zero attached hydrogens (tertiary/aromatic N) is 4. The van der Waals surface area contributed by atoms with Gasteiger partial charge in [0.1, 0.15) is 6.04 Å². The lowest BCUT2D eigenvalue weighted by molar-refractivity contribution is -0.114. The highest BCUT2D eigenvalue weighted by atomic mass is 16.1. The minimum atomic E-state index is -0.938. The zero-order chi connectivity index (χ0) is 26.7. The van der Waals surface area contributed by atoms with Crippen LogP contribution in [-0.4, -0.2) is 48.2 Å². The summed E-state index contributed by atoms with van der Waals surface area (Å²) in [7, 11) is 0. The van der Waals surface area contributed by atoms with Crippen LogP contribution >= 0.6 is 0 Å². The Kier molecular flexibility index (Phi) is 7.22. The molecular formula is C26H31N9O2. The van der Waals surface area contributed by atoms with E-state index < -0.39 is 17.2 Å². The van der Waals surface area contributed by atoms with E-state index in [1.165, 1.54) is 0 Å². The predicted octanol–water partition coefficient (Wildman–Crippen LogP) is 1.50. The van der Waals surface area contributed by atoms with Gasteiger partial charge in [-0.15, -0.1) is 5.11 Å². The molecule has 1 aliphatic heterocycles. The summed E-state index contributed by atoms with van der Waals surface area (Å²) in [6.45, 7) is 5.94. The first-order valence-corrected chi connectivity index (χ1v) is 12.1. The Labute approximate surface area is 215 Å². The maximum Gasteiger partial charge on any atom is 0.248 e. The molecule has 2 aliphatic carbocycles. The quantitative estimate of drug-likeness (QED) is 0.0847. The van der Waals surface area contributed by atoms with Crippen LogP contribution in [0.4, 0.5) is 0 Å². The van der Waals surface area contributed by atoms with Crippen LogP contribution in [0.1, 0.15) is 46.7 Å². The van der Waals surface area contributed by atoms with Crippen LogP contribution in [0.3, 0.4) is 0 Å². The van der Waals surface area contributed by atoms with Crippen molar-refractivity contribution in [1.82, 2.24) is 10.2 Å². The molecule has 2 amide bonds. The number of hydrogen-bond acceptors (Lipinski definition) is 7. The first-order valence-electron chi connectivity index (χ1n) is 12.1. The SMILES string of the molecule is C=C(CNCCC1(C(=N)/N=N\N)c2ccc(C(N)=O)cc2C2C=C(C(N)=O)C=CC21)N1CCCC1C#N. The van der Waals surface area contributed by atoms with Crippen molar-refractivity contribution in [2.24, 2.45) is 33.6 Å². The number of benzene rings is 1. The molecule has 1 aromatic carbocycles. The van der Waals surface area contributed by atoms with Crippen molar-refractivity contribution in [3.63, 3.8) is 0 Å². The molecule has 11 nitrogen and oxygen atoms in total. The number of nitrogens with one attached hydrogen (secondary N) is 2. The molecule has 0 saturated carbocycles. The third-order valence-electron chi connectivity index (χ3n) is 7.67. The van der Waals surface area contributed by atoms with Crippen molar-refractivity contribution in [3.8, 4) is 6.07 Å². The van der Waals surface area contributed by atoms with E-state index >= 15 is 0 Å². The second kappa shape index (κ2) is 10.4. The van der Waals surface area contributed by atoms with E-state index in [2.05, 4.69) is 28.3 Å². The molecule has 8 N–H and O–H groups in total. The van der Waals surface area contributed by atoms with Crippen LogP contribution in [0.5, 0.6) is 0 Å². The molecule has 0 radical (unpaired) electrons. The van der Waals surface area contributed by atoms with E-state index in [0.29, 0.717) is 30.6 Å². The van der Waals surface area contributed by atoms with Gasteiger partial charge in [0.2, 0.25) is 11.8 Å². The molecule has 192 valence electrons. The summed E-state index contributed by atoms with van der Waals surface area (Å²) in [6.07, 6.45) is 7.55. The highest BCUT2D eigenvalue weighted by molar-refractivity contribution is 5.98. The number of hydrogen-bond donors (Lipinski definition) is 5. The number of carbonyl (C=O) groups is 2. The summed E-state index contributed by atoms with van der Waals surface area (Å²) in [6, 6.07) is 7.31. The summed E-state index contributed by atoms with van der Waals surface area (Å²) in [5.41, 5.74) is 13.3. The molecule has 0 spiro atoms. The first kappa shape index (κ1) is 25.8. The second-order valence-electron chi connectivity index (χ2n) is 9.57. The molecule has 1 fully saturated rings. The fourth-order valence-corrected chi connectivity index (χ4v) is 5.93. The number of amides is 2. The minimum absolute atomic E-state index is 0.0270. The van der Waals surface area contributed by atoms with Crippen molar-refractivity contribution < 1.29 is 9.59 Å². The Hall–Kier alpha value is -4.30. The number of nitriles is 1. The molecule has 1 saturated heterocycles. The fourth-order valence-electron chi connectivity index (χ4n) is 5.93. The predicted molar refractivity (Wildman–Crippen MR) is 138 cm³/mol. The van der Waals surface area contributed by atoms with E-state index in [1.54, 1.807) is 30.4 Å². The van der Waals surface area contributed by atoms with E-state index in [4.69, 9.17) is 22.7 Å². The van der Waals surface area contributed by atoms with Crippen LogP contribution in [0, 0.1) is 22.7 Å². The number of likely N-dealkylation sites (tertiary alicyclic amines) is 1. The zero-order valence-corrected chi connectivity index (χ0v) is 20.5. The second-order valence-corrected chi connectivity index (χ2v) is 9.57. The molecule has 4 rings (SSSR count). The van der Waals surface area contributed by atoms with Crippen molar-refractivity contribution in [3.05, 3.63) is 71.0 Å². The topological polar surface area (TPSA) is 200 Å². The monoisotopic (exact) mass is 501 g/mol. The van der Waals surface area contributed by atoms with Crippen LogP contribution in [0.25, 0.3) is 0 Å². The molecule has 1 heterocycles. The molecule has 4 unspecified atom stereocenters. The Morgan fingerprint density at radius 2 is 2.11 bits per heavy atom. The first-order chi connectivity index (χ1) is 17.7. The fraction of sp³-hybridized carbons (Fsp3) is 0.385. The summed E-state index contributed by atoms with van der Waals surface area (Å²) in [5.74, 6) is 3.59. The van der Waals surface area contributed by atoms with Gasteiger partial charge in [0.25, 0.3) is 0 Å². The number of primary amides is 2. The number of fused-ring (bicyclic) bond motifs is 3. The van der Waals surface area contributed by atoms with Crippen LogP contribution in [-0.2, 0) is 10.2 Å². The van der Waals surface area contributed by atoms with Gasteiger partial charge in [0.15, 0.2) is 5.84 Å². The molecule has 1 aromatic rings. The molecule has 0 bridgehead atoms. The molecule has 3 aliphatic rings. The number of amidine groups is 1. The normalized spacial score (nSPS) is 25.9. The zero-order valence-electron chi connectivity index (χ0n) is 20.5. The summed E-state index contributed by atoms with van der Waals surface area (Å²) < 4.78 is 0. The van der Waals surface area contributed by atoms with Crippen LogP contribution in [0.2, 0.25) is 0 Å². The van der Waals surface area contributed by atoms with E-state index in [9.17, 15) is 14.9 Å². The average molecular weight is 502 g/mol. The lowest BCUT2D eigenvalue weighted by Gasteiger charge is -2.36. The van der Waals surface area contributed by atoms with Crippen molar-refractivity contribution >= 4 is 17.6 Å². The van der Waals surface area contributed by atoms with E-state index in [0.717, 1.165) is 36.2 Å². The molecule has 0 aromatic heterocycles. The Morgan fingerprint density at radius 1 is 1.32 bits per heavy atom. The van der Waals surface area contributed by atoms with Gasteiger partial charge in [-0.05, 0) is 49.1 Å². The maximum absolute atomic E-state index is 12.0. The molecule has 4 atom stereocenters. The Morgan fingerprint density at radius 3 is 2.78 bits per heavy atom. The standard InChI is InChI=1S/C26H31N9O2/c1-15(35-10-2-3-18(35)13-27)14-32-9-8-26(25(30)33-34-31)21-6-4-16(23(28)36)11-19(21)20-12-17(24(29)37)5-7-22(20)26/h4-7,11-12,18-19,21,32H,1-3,8-10,14H2,(H2,28,36)(H2,29,37)(H3,30,31,33). The van der Waals surface area contributed by atoms with Gasteiger partial charge in [-0.25, -0.2) is 0 Å². The van der Waals surface area contributed by atoms with E-state index in [1.807, 2.05) is 11.0 Å². The van der Waals surface area contributed by atoms with Gasteiger partial charge >= 0.3 is 0 Å². The number of rotatable bonds is 9.